The Hall–Kier alpha value is -5.97. The van der Waals surface area contributed by atoms with E-state index in [1.165, 1.54) is 24.5 Å². The second-order valence-corrected chi connectivity index (χ2v) is 16.9. The molecule has 1 aromatic heterocycles. The maximum atomic E-state index is 13.8. The second kappa shape index (κ2) is 18.2. The number of halogens is 2. The third-order valence-corrected chi connectivity index (χ3v) is 12.5. The van der Waals surface area contributed by atoms with Crippen molar-refractivity contribution in [3.05, 3.63) is 89.5 Å². The number of amides is 5. The Kier molecular flexibility index (Phi) is 12.5. The highest BCUT2D eigenvalue weighted by Crippen LogP contribution is 2.36. The fourth-order valence-corrected chi connectivity index (χ4v) is 9.41. The van der Waals surface area contributed by atoms with Crippen LogP contribution in [-0.4, -0.2) is 118 Å². The smallest absolute Gasteiger partial charge is 0.262 e. The summed E-state index contributed by atoms with van der Waals surface area (Å²) in [4.78, 5) is 80.5. The maximum Gasteiger partial charge on any atom is 0.262 e. The minimum absolute atomic E-state index is 0.0247. The average Bonchev–Trinajstić information content (AvgIpc) is 3.49. The van der Waals surface area contributed by atoms with E-state index in [0.717, 1.165) is 69.1 Å². The van der Waals surface area contributed by atoms with Crippen LogP contribution in [0.4, 0.5) is 27.3 Å². The van der Waals surface area contributed by atoms with Gasteiger partial charge >= 0.3 is 0 Å². The van der Waals surface area contributed by atoms with Gasteiger partial charge in [0.25, 0.3) is 11.8 Å². The summed E-state index contributed by atoms with van der Waals surface area (Å²) in [6, 6.07) is 12.5. The van der Waals surface area contributed by atoms with Crippen molar-refractivity contribution in [3.63, 3.8) is 0 Å². The molecule has 4 aromatic rings. The Balaban J connectivity index is 0.815. The summed E-state index contributed by atoms with van der Waals surface area (Å²) < 4.78 is 20.0. The number of fused-ring (bicyclic) bond motifs is 2. The summed E-state index contributed by atoms with van der Waals surface area (Å²) in [7, 11) is 0. The van der Waals surface area contributed by atoms with Gasteiger partial charge in [-0.3, -0.25) is 39.1 Å². The van der Waals surface area contributed by atoms with Gasteiger partial charge in [-0.15, -0.1) is 0 Å². The molecular weight excluding hydrogens is 817 g/mol. The van der Waals surface area contributed by atoms with Gasteiger partial charge in [0.2, 0.25) is 17.7 Å². The topological polar surface area (TPSA) is 169 Å². The van der Waals surface area contributed by atoms with Gasteiger partial charge in [-0.2, -0.15) is 0 Å². The van der Waals surface area contributed by atoms with Crippen molar-refractivity contribution >= 4 is 74.9 Å². The molecule has 0 radical (unpaired) electrons. The first-order valence-electron chi connectivity index (χ1n) is 21.0. The zero-order valence-electron chi connectivity index (χ0n) is 34.7. The van der Waals surface area contributed by atoms with E-state index in [1.807, 2.05) is 6.07 Å². The number of hydrogen-bond acceptors (Lipinski definition) is 12. The zero-order valence-corrected chi connectivity index (χ0v) is 35.4. The molecule has 5 heterocycles. The van der Waals surface area contributed by atoms with E-state index in [0.29, 0.717) is 51.9 Å². The van der Waals surface area contributed by atoms with E-state index in [1.54, 1.807) is 30.3 Å². The molecule has 0 spiro atoms. The van der Waals surface area contributed by atoms with Crippen LogP contribution in [0.25, 0.3) is 10.9 Å². The number of rotatable bonds is 13. The molecule has 3 fully saturated rings. The monoisotopic (exact) mass is 865 g/mol. The second-order valence-electron chi connectivity index (χ2n) is 16.5. The Bertz CT molecular complexity index is 2430. The van der Waals surface area contributed by atoms with Crippen LogP contribution in [-0.2, 0) is 14.4 Å². The molecule has 3 N–H and O–H groups in total. The fourth-order valence-electron chi connectivity index (χ4n) is 9.23. The quantitative estimate of drug-likeness (QED) is 0.0844. The van der Waals surface area contributed by atoms with E-state index in [-0.39, 0.29) is 35.5 Å². The number of anilines is 4. The first-order chi connectivity index (χ1) is 29.9. The molecule has 5 amide bonds. The van der Waals surface area contributed by atoms with Crippen LogP contribution in [0.15, 0.2) is 67.5 Å². The number of nitrogens with zero attached hydrogens (tertiary/aromatic N) is 6. The molecule has 3 saturated heterocycles. The Labute approximate surface area is 363 Å². The number of nitrogens with one attached hydrogen (secondary N) is 3. The van der Waals surface area contributed by atoms with Crippen LogP contribution in [0.2, 0.25) is 5.02 Å². The third kappa shape index (κ3) is 8.99. The lowest BCUT2D eigenvalue weighted by atomic mass is 9.94. The lowest BCUT2D eigenvalue weighted by Gasteiger charge is -2.47. The number of ether oxygens (including phenoxy) is 1. The summed E-state index contributed by atoms with van der Waals surface area (Å²) in [5, 5.41) is 8.83. The van der Waals surface area contributed by atoms with Crippen molar-refractivity contribution in [2.45, 2.75) is 64.1 Å². The maximum absolute atomic E-state index is 13.8. The van der Waals surface area contributed by atoms with E-state index in [4.69, 9.17) is 16.3 Å². The molecule has 17 heteroatoms. The Morgan fingerprint density at radius 3 is 2.45 bits per heavy atom. The largest absolute Gasteiger partial charge is 0.491 e. The molecule has 62 heavy (non-hydrogen) atoms. The number of likely N-dealkylation sites (tertiary alicyclic amines) is 1. The predicted molar refractivity (Wildman–Crippen MR) is 233 cm³/mol. The number of hydrogen-bond donors (Lipinski definition) is 3. The van der Waals surface area contributed by atoms with Gasteiger partial charge in [-0.05, 0) is 107 Å². The lowest BCUT2D eigenvalue weighted by molar-refractivity contribution is -0.136. The molecule has 15 nitrogen and oxygen atoms in total. The van der Waals surface area contributed by atoms with E-state index in [2.05, 4.69) is 61.0 Å². The van der Waals surface area contributed by atoms with Gasteiger partial charge in [-0.1, -0.05) is 18.2 Å². The molecule has 0 aliphatic carbocycles. The van der Waals surface area contributed by atoms with Crippen LogP contribution in [0.1, 0.15) is 66.7 Å². The lowest BCUT2D eigenvalue weighted by Crippen LogP contribution is -2.58. The number of aromatic nitrogens is 2. The highest BCUT2D eigenvalue weighted by molar-refractivity contribution is 6.31. The number of carbonyl (C=O) groups is 5. The Morgan fingerprint density at radius 2 is 1.73 bits per heavy atom. The number of benzene rings is 3. The van der Waals surface area contributed by atoms with Gasteiger partial charge in [-0.25, -0.2) is 14.4 Å². The molecule has 3 atom stereocenters. The van der Waals surface area contributed by atoms with Crippen molar-refractivity contribution in [1.82, 2.24) is 30.0 Å². The van der Waals surface area contributed by atoms with Crippen LogP contribution in [0.5, 0.6) is 5.75 Å². The number of imide groups is 2. The fraction of sp³-hybridized carbons (Fsp3) is 0.400. The predicted octanol–water partition coefficient (Wildman–Crippen LogP) is 5.77. The SMILES string of the molecule is C=CC(=O)Nc1cc2c(Nc3ccc(F)c(Cl)c3)ncnc2cc1OCCCN1CCC(CN2CC(C)N(c3ccc4c(c3)C(=O)N(C3CCC(=O)NC3=O)C4=O)C(C)C2)CC1. The van der Waals surface area contributed by atoms with Gasteiger partial charge in [0, 0.05) is 67.5 Å². The number of carbonyl (C=O) groups excluding carboxylic acids is 5. The average molecular weight is 866 g/mol. The summed E-state index contributed by atoms with van der Waals surface area (Å²) in [5.41, 5.74) is 3.02. The van der Waals surface area contributed by atoms with Crippen molar-refractivity contribution in [2.75, 3.05) is 61.4 Å². The van der Waals surface area contributed by atoms with Crippen LogP contribution >= 0.6 is 11.6 Å². The zero-order chi connectivity index (χ0) is 43.7. The molecule has 324 valence electrons. The number of piperidine rings is 2. The third-order valence-electron chi connectivity index (χ3n) is 12.2. The molecule has 8 rings (SSSR count). The number of piperazine rings is 1. The van der Waals surface area contributed by atoms with Gasteiger partial charge in [0.15, 0.2) is 0 Å². The molecular formula is C45H49ClFN9O6. The van der Waals surface area contributed by atoms with Gasteiger partial charge < -0.3 is 25.2 Å². The van der Waals surface area contributed by atoms with Crippen molar-refractivity contribution < 1.29 is 33.1 Å². The van der Waals surface area contributed by atoms with E-state index >= 15 is 0 Å². The van der Waals surface area contributed by atoms with E-state index < -0.39 is 41.4 Å². The van der Waals surface area contributed by atoms with Crippen LogP contribution in [0, 0.1) is 11.7 Å². The minimum atomic E-state index is -0.992. The summed E-state index contributed by atoms with van der Waals surface area (Å²) in [5.74, 6) is -1.44. The van der Waals surface area contributed by atoms with Gasteiger partial charge in [0.1, 0.15) is 29.8 Å². The first-order valence-corrected chi connectivity index (χ1v) is 21.4. The van der Waals surface area contributed by atoms with Crippen molar-refractivity contribution in [3.8, 4) is 5.75 Å². The van der Waals surface area contributed by atoms with Crippen LogP contribution in [0.3, 0.4) is 0 Å². The summed E-state index contributed by atoms with van der Waals surface area (Å²) >= 11 is 5.98. The Morgan fingerprint density at radius 1 is 0.968 bits per heavy atom. The molecule has 3 unspecified atom stereocenters. The highest BCUT2D eigenvalue weighted by Gasteiger charge is 2.45. The van der Waals surface area contributed by atoms with Crippen molar-refractivity contribution in [1.29, 1.82) is 0 Å². The standard InChI is InChI=1S/C45H49ClFN9O6/c1-4-40(57)51-37-20-33-36(48-25-49-42(33)50-29-6-9-35(47)34(46)18-29)21-39(37)62-17-5-14-53-15-12-28(13-16-53)24-54-22-26(2)55(27(3)23-54)30-7-8-31-32(19-30)45(61)56(44(31)60)38-10-11-41(58)52-43(38)59/h4,6-9,18-21,25-28,38H,1,5,10-17,22-24H2,2-3H3,(H,51,57)(H,48,49,50)(H,52,58,59). The van der Waals surface area contributed by atoms with Crippen molar-refractivity contribution in [2.24, 2.45) is 5.92 Å². The van der Waals surface area contributed by atoms with Gasteiger partial charge in [0.05, 0.1) is 34.0 Å². The molecule has 4 aliphatic rings. The summed E-state index contributed by atoms with van der Waals surface area (Å²) in [6.45, 7) is 14.0. The molecule has 0 bridgehead atoms. The van der Waals surface area contributed by atoms with Crippen LogP contribution < -0.4 is 25.6 Å². The first kappa shape index (κ1) is 42.7. The normalized spacial score (nSPS) is 21.3. The highest BCUT2D eigenvalue weighted by atomic mass is 35.5. The molecule has 3 aromatic carbocycles. The minimum Gasteiger partial charge on any atom is -0.491 e. The molecule has 4 aliphatic heterocycles. The van der Waals surface area contributed by atoms with E-state index in [9.17, 15) is 28.4 Å². The molecule has 0 saturated carbocycles. The summed E-state index contributed by atoms with van der Waals surface area (Å²) in [6.07, 6.45) is 5.78.